The topological polar surface area (TPSA) is 102 Å². The Labute approximate surface area is 167 Å². The van der Waals surface area contributed by atoms with E-state index in [4.69, 9.17) is 5.73 Å². The summed E-state index contributed by atoms with van der Waals surface area (Å²) in [7, 11) is 0. The summed E-state index contributed by atoms with van der Waals surface area (Å²) in [4.78, 5) is 11.8. The van der Waals surface area contributed by atoms with Crippen LogP contribution >= 0.6 is 0 Å². The Morgan fingerprint density at radius 3 is 2.90 bits per heavy atom. The van der Waals surface area contributed by atoms with Gasteiger partial charge in [0.1, 0.15) is 0 Å². The van der Waals surface area contributed by atoms with E-state index in [9.17, 15) is 4.79 Å². The molecule has 7 nitrogen and oxygen atoms in total. The van der Waals surface area contributed by atoms with E-state index in [0.717, 1.165) is 40.7 Å². The first-order chi connectivity index (χ1) is 14.1. The monoisotopic (exact) mass is 384 g/mol. The number of para-hydroxylation sites is 1. The molecule has 29 heavy (non-hydrogen) atoms. The van der Waals surface area contributed by atoms with Gasteiger partial charge in [0.15, 0.2) is 5.69 Å². The Balaban J connectivity index is 1.59. The lowest BCUT2D eigenvalue weighted by molar-refractivity contribution is 0.0996. The lowest BCUT2D eigenvalue weighted by atomic mass is 10.0. The quantitative estimate of drug-likeness (QED) is 0.517. The molecule has 1 atom stereocenters. The van der Waals surface area contributed by atoms with E-state index in [-0.39, 0.29) is 11.6 Å². The molecule has 0 aliphatic rings. The van der Waals surface area contributed by atoms with E-state index >= 15 is 0 Å². The van der Waals surface area contributed by atoms with Crippen LogP contribution < -0.4 is 5.73 Å². The molecule has 4 aromatic rings. The summed E-state index contributed by atoms with van der Waals surface area (Å²) in [6.07, 6.45) is 3.48. The van der Waals surface area contributed by atoms with Crippen molar-refractivity contribution in [2.24, 2.45) is 11.7 Å². The molecule has 0 spiro atoms. The third-order valence-corrected chi connectivity index (χ3v) is 4.67. The SMILES string of the molecule is C[C@H](C#Cc1cccc(-n2nc(C(N)=O)c3ccccc32)c1)CCc1cn[nH]n1. The van der Waals surface area contributed by atoms with E-state index in [1.165, 1.54) is 0 Å². The predicted molar refractivity (Wildman–Crippen MR) is 110 cm³/mol. The van der Waals surface area contributed by atoms with Crippen LogP contribution in [0, 0.1) is 17.8 Å². The van der Waals surface area contributed by atoms with Gasteiger partial charge < -0.3 is 5.73 Å². The molecule has 144 valence electrons. The third kappa shape index (κ3) is 4.01. The highest BCUT2D eigenvalue weighted by atomic mass is 16.1. The molecule has 3 N–H and O–H groups in total. The fourth-order valence-electron chi connectivity index (χ4n) is 3.15. The minimum absolute atomic E-state index is 0.224. The van der Waals surface area contributed by atoms with E-state index < -0.39 is 5.91 Å². The van der Waals surface area contributed by atoms with Crippen LogP contribution in [0.2, 0.25) is 0 Å². The number of hydrogen-bond acceptors (Lipinski definition) is 4. The average Bonchev–Trinajstić information content (AvgIpc) is 3.39. The number of hydrogen-bond donors (Lipinski definition) is 2. The number of aromatic nitrogens is 5. The minimum Gasteiger partial charge on any atom is -0.364 e. The Morgan fingerprint density at radius 2 is 2.10 bits per heavy atom. The van der Waals surface area contributed by atoms with Gasteiger partial charge in [0.25, 0.3) is 5.91 Å². The fourth-order valence-corrected chi connectivity index (χ4v) is 3.15. The molecule has 0 unspecified atom stereocenters. The largest absolute Gasteiger partial charge is 0.364 e. The molecule has 2 heterocycles. The van der Waals surface area contributed by atoms with Gasteiger partial charge in [-0.2, -0.15) is 20.5 Å². The molecular formula is C22H20N6O. The van der Waals surface area contributed by atoms with Crippen molar-refractivity contribution in [2.75, 3.05) is 0 Å². The number of rotatable bonds is 5. The number of aryl methyl sites for hydroxylation is 1. The van der Waals surface area contributed by atoms with Crippen LogP contribution in [0.15, 0.2) is 54.7 Å². The first-order valence-corrected chi connectivity index (χ1v) is 9.36. The first kappa shape index (κ1) is 18.4. The van der Waals surface area contributed by atoms with Gasteiger partial charge in [0, 0.05) is 16.9 Å². The van der Waals surface area contributed by atoms with Crippen LogP contribution in [-0.2, 0) is 6.42 Å². The van der Waals surface area contributed by atoms with Crippen LogP contribution in [0.25, 0.3) is 16.6 Å². The van der Waals surface area contributed by atoms with Crippen LogP contribution in [0.5, 0.6) is 0 Å². The van der Waals surface area contributed by atoms with Crippen molar-refractivity contribution in [1.82, 2.24) is 25.2 Å². The summed E-state index contributed by atoms with van der Waals surface area (Å²) >= 11 is 0. The second-order valence-corrected chi connectivity index (χ2v) is 6.86. The number of nitrogens with zero attached hydrogens (tertiary/aromatic N) is 4. The second kappa shape index (κ2) is 7.98. The van der Waals surface area contributed by atoms with Crippen LogP contribution in [0.4, 0.5) is 0 Å². The van der Waals surface area contributed by atoms with Crippen LogP contribution in [-0.4, -0.2) is 31.1 Å². The average molecular weight is 384 g/mol. The summed E-state index contributed by atoms with van der Waals surface area (Å²) in [5.74, 6) is 6.20. The predicted octanol–water partition coefficient (Wildman–Crippen LogP) is 2.86. The minimum atomic E-state index is -0.545. The van der Waals surface area contributed by atoms with Crippen molar-refractivity contribution in [2.45, 2.75) is 19.8 Å². The van der Waals surface area contributed by atoms with Gasteiger partial charge in [-0.15, -0.1) is 0 Å². The molecule has 4 rings (SSSR count). The lowest BCUT2D eigenvalue weighted by Gasteiger charge is -2.04. The molecule has 7 heteroatoms. The molecule has 2 aromatic heterocycles. The Hall–Kier alpha value is -3.92. The zero-order valence-electron chi connectivity index (χ0n) is 16.0. The number of aromatic amines is 1. The number of primary amides is 1. The molecule has 1 amide bonds. The van der Waals surface area contributed by atoms with Gasteiger partial charge in [0.2, 0.25) is 0 Å². The number of nitrogens with two attached hydrogens (primary N) is 1. The standard InChI is InChI=1S/C22H20N6O/c1-15(10-12-17-14-24-27-25-17)9-11-16-5-4-6-18(13-16)28-20-8-3-2-7-19(20)21(26-28)22(23)29/h2-8,13-15H,10,12H2,1H3,(H2,23,29)(H,24,25,27)/t15-/m1/s1. The van der Waals surface area contributed by atoms with E-state index in [0.29, 0.717) is 0 Å². The maximum Gasteiger partial charge on any atom is 0.269 e. The van der Waals surface area contributed by atoms with Gasteiger partial charge in [-0.1, -0.05) is 43.0 Å². The summed E-state index contributed by atoms with van der Waals surface area (Å²) in [5, 5.41) is 15.7. The molecule has 0 saturated heterocycles. The number of benzene rings is 2. The van der Waals surface area contributed by atoms with Crippen molar-refractivity contribution in [3.8, 4) is 17.5 Å². The van der Waals surface area contributed by atoms with Gasteiger partial charge >= 0.3 is 0 Å². The molecule has 0 aliphatic carbocycles. The number of carbonyl (C=O) groups is 1. The Bertz CT molecular complexity index is 1210. The summed E-state index contributed by atoms with van der Waals surface area (Å²) in [5.41, 5.74) is 9.24. The number of nitrogens with one attached hydrogen (secondary N) is 1. The Kier molecular flexibility index (Phi) is 5.08. The van der Waals surface area contributed by atoms with Gasteiger partial charge in [-0.3, -0.25) is 4.79 Å². The zero-order chi connectivity index (χ0) is 20.2. The third-order valence-electron chi connectivity index (χ3n) is 4.67. The van der Waals surface area contributed by atoms with Crippen molar-refractivity contribution in [3.05, 3.63) is 71.7 Å². The van der Waals surface area contributed by atoms with E-state index in [1.54, 1.807) is 10.9 Å². The smallest absolute Gasteiger partial charge is 0.269 e. The molecule has 0 bridgehead atoms. The van der Waals surface area contributed by atoms with Crippen molar-refractivity contribution in [1.29, 1.82) is 0 Å². The normalized spacial score (nSPS) is 11.8. The Morgan fingerprint density at radius 1 is 1.24 bits per heavy atom. The highest BCUT2D eigenvalue weighted by Gasteiger charge is 2.15. The zero-order valence-corrected chi connectivity index (χ0v) is 16.0. The molecule has 0 fully saturated rings. The van der Waals surface area contributed by atoms with E-state index in [1.807, 2.05) is 48.5 Å². The molecule has 2 aromatic carbocycles. The number of carbonyl (C=O) groups excluding carboxylic acids is 1. The molecular weight excluding hydrogens is 364 g/mol. The molecule has 0 saturated carbocycles. The van der Waals surface area contributed by atoms with E-state index in [2.05, 4.69) is 39.3 Å². The fraction of sp³-hybridized carbons (Fsp3) is 0.182. The van der Waals surface area contributed by atoms with Gasteiger partial charge in [-0.25, -0.2) is 4.68 Å². The highest BCUT2D eigenvalue weighted by Crippen LogP contribution is 2.22. The van der Waals surface area contributed by atoms with Crippen molar-refractivity contribution in [3.63, 3.8) is 0 Å². The van der Waals surface area contributed by atoms with Gasteiger partial charge in [-0.05, 0) is 37.1 Å². The van der Waals surface area contributed by atoms with Crippen molar-refractivity contribution < 1.29 is 4.79 Å². The number of amides is 1. The summed E-state index contributed by atoms with van der Waals surface area (Å²) in [6.45, 7) is 2.09. The summed E-state index contributed by atoms with van der Waals surface area (Å²) < 4.78 is 1.73. The maximum absolute atomic E-state index is 11.8. The highest BCUT2D eigenvalue weighted by molar-refractivity contribution is 6.04. The number of fused-ring (bicyclic) bond motifs is 1. The molecule has 0 radical (unpaired) electrons. The first-order valence-electron chi connectivity index (χ1n) is 9.36. The lowest BCUT2D eigenvalue weighted by Crippen LogP contribution is -2.12. The number of H-pyrrole nitrogens is 1. The van der Waals surface area contributed by atoms with Gasteiger partial charge in [0.05, 0.1) is 23.1 Å². The maximum atomic E-state index is 11.8. The van der Waals surface area contributed by atoms with Crippen molar-refractivity contribution >= 4 is 16.8 Å². The summed E-state index contributed by atoms with van der Waals surface area (Å²) in [6, 6.07) is 15.3. The van der Waals surface area contributed by atoms with Crippen LogP contribution in [0.3, 0.4) is 0 Å². The second-order valence-electron chi connectivity index (χ2n) is 6.86. The van der Waals surface area contributed by atoms with Crippen LogP contribution in [0.1, 0.15) is 35.1 Å². The molecule has 0 aliphatic heterocycles.